The van der Waals surface area contributed by atoms with Gasteiger partial charge in [-0.2, -0.15) is 0 Å². The third kappa shape index (κ3) is 4.33. The summed E-state index contributed by atoms with van der Waals surface area (Å²) in [6.45, 7) is 5.18. The summed E-state index contributed by atoms with van der Waals surface area (Å²) in [7, 11) is 0. The number of anilines is 1. The van der Waals surface area contributed by atoms with Gasteiger partial charge < -0.3 is 15.8 Å². The number of nitrogens with one attached hydrogen (secondary N) is 1. The van der Waals surface area contributed by atoms with E-state index in [0.717, 1.165) is 19.4 Å². The van der Waals surface area contributed by atoms with Crippen LogP contribution in [0.3, 0.4) is 0 Å². The number of rotatable bonds is 6. The first-order valence-corrected chi connectivity index (χ1v) is 8.90. The van der Waals surface area contributed by atoms with Crippen LogP contribution in [0.5, 0.6) is 0 Å². The number of hydrogen-bond donors (Lipinski definition) is 2. The Morgan fingerprint density at radius 1 is 1.50 bits per heavy atom. The molecule has 0 bridgehead atoms. The van der Waals surface area contributed by atoms with Crippen LogP contribution in [0.2, 0.25) is 0 Å². The molecule has 24 heavy (non-hydrogen) atoms. The molecule has 2 amide bonds. The van der Waals surface area contributed by atoms with Crippen molar-refractivity contribution in [2.75, 3.05) is 25.0 Å². The number of ether oxygens (including phenoxy) is 1. The second-order valence-electron chi connectivity index (χ2n) is 5.78. The van der Waals surface area contributed by atoms with Crippen molar-refractivity contribution < 1.29 is 19.1 Å². The molecule has 0 aromatic carbocycles. The van der Waals surface area contributed by atoms with E-state index in [2.05, 4.69) is 5.32 Å². The maximum Gasteiger partial charge on any atom is 0.310 e. The molecule has 3 N–H and O–H groups in total. The molecular weight excluding hydrogens is 330 g/mol. The van der Waals surface area contributed by atoms with E-state index in [1.165, 1.54) is 11.3 Å². The lowest BCUT2D eigenvalue weighted by atomic mass is 9.97. The second-order valence-corrected chi connectivity index (χ2v) is 6.70. The number of nitrogens with two attached hydrogens (primary N) is 1. The minimum absolute atomic E-state index is 0.197. The molecule has 1 aromatic rings. The smallest absolute Gasteiger partial charge is 0.310 e. The van der Waals surface area contributed by atoms with Gasteiger partial charge in [0.1, 0.15) is 5.00 Å². The van der Waals surface area contributed by atoms with Crippen LogP contribution in [-0.2, 0) is 14.3 Å². The average Bonchev–Trinajstić information content (AvgIpc) is 3.02. The van der Waals surface area contributed by atoms with Crippen molar-refractivity contribution in [3.05, 3.63) is 17.0 Å². The monoisotopic (exact) mass is 353 g/mol. The third-order valence-electron chi connectivity index (χ3n) is 4.17. The van der Waals surface area contributed by atoms with Gasteiger partial charge in [-0.15, -0.1) is 11.3 Å². The number of thiophene rings is 1. The van der Waals surface area contributed by atoms with Crippen molar-refractivity contribution >= 4 is 34.1 Å². The highest BCUT2D eigenvalue weighted by atomic mass is 32.1. The number of piperidine rings is 1. The minimum atomic E-state index is -0.570. The van der Waals surface area contributed by atoms with Crippen molar-refractivity contribution in [1.29, 1.82) is 0 Å². The average molecular weight is 353 g/mol. The number of esters is 1. The van der Waals surface area contributed by atoms with E-state index in [9.17, 15) is 14.4 Å². The fourth-order valence-corrected chi connectivity index (χ4v) is 3.59. The van der Waals surface area contributed by atoms with Gasteiger partial charge in [0, 0.05) is 6.54 Å². The highest BCUT2D eigenvalue weighted by molar-refractivity contribution is 7.14. The Balaban J connectivity index is 1.98. The topological polar surface area (TPSA) is 102 Å². The number of carbonyl (C=O) groups is 3. The fourth-order valence-electron chi connectivity index (χ4n) is 2.79. The fraction of sp³-hybridized carbons (Fsp3) is 0.562. The normalized spacial score (nSPS) is 19.5. The van der Waals surface area contributed by atoms with Crippen molar-refractivity contribution in [3.63, 3.8) is 0 Å². The van der Waals surface area contributed by atoms with Gasteiger partial charge in [0.25, 0.3) is 5.91 Å². The second kappa shape index (κ2) is 8.25. The predicted molar refractivity (Wildman–Crippen MR) is 91.9 cm³/mol. The Kier molecular flexibility index (Phi) is 6.33. The van der Waals surface area contributed by atoms with Crippen molar-refractivity contribution in [2.45, 2.75) is 32.7 Å². The molecular formula is C16H23N3O4S. The van der Waals surface area contributed by atoms with Crippen LogP contribution in [-0.4, -0.2) is 48.4 Å². The van der Waals surface area contributed by atoms with Gasteiger partial charge in [-0.3, -0.25) is 19.3 Å². The molecule has 0 unspecified atom stereocenters. The van der Waals surface area contributed by atoms with Gasteiger partial charge in [0.05, 0.1) is 24.1 Å². The molecule has 1 aromatic heterocycles. The highest BCUT2D eigenvalue weighted by Crippen LogP contribution is 2.24. The number of likely N-dealkylation sites (tertiary alicyclic amines) is 1. The number of primary amides is 1. The Labute approximate surface area is 145 Å². The molecule has 132 valence electrons. The van der Waals surface area contributed by atoms with Crippen LogP contribution in [0.4, 0.5) is 5.00 Å². The summed E-state index contributed by atoms with van der Waals surface area (Å²) in [5, 5.41) is 4.92. The van der Waals surface area contributed by atoms with Crippen LogP contribution in [0, 0.1) is 5.92 Å². The van der Waals surface area contributed by atoms with Gasteiger partial charge in [0.15, 0.2) is 0 Å². The zero-order chi connectivity index (χ0) is 17.7. The summed E-state index contributed by atoms with van der Waals surface area (Å²) < 4.78 is 5.08. The Bertz CT molecular complexity index is 616. The van der Waals surface area contributed by atoms with Crippen LogP contribution >= 0.6 is 11.3 Å². The van der Waals surface area contributed by atoms with Crippen LogP contribution in [0.25, 0.3) is 0 Å². The van der Waals surface area contributed by atoms with Gasteiger partial charge in [-0.25, -0.2) is 0 Å². The lowest BCUT2D eigenvalue weighted by Crippen LogP contribution is -2.48. The summed E-state index contributed by atoms with van der Waals surface area (Å²) >= 11 is 1.26. The first kappa shape index (κ1) is 18.4. The first-order valence-electron chi connectivity index (χ1n) is 8.02. The largest absolute Gasteiger partial charge is 0.466 e. The van der Waals surface area contributed by atoms with E-state index in [4.69, 9.17) is 10.5 Å². The molecule has 0 saturated carbocycles. The van der Waals surface area contributed by atoms with E-state index >= 15 is 0 Å². The van der Waals surface area contributed by atoms with Crippen LogP contribution < -0.4 is 11.1 Å². The van der Waals surface area contributed by atoms with E-state index in [1.807, 2.05) is 4.90 Å². The highest BCUT2D eigenvalue weighted by Gasteiger charge is 2.31. The molecule has 0 aliphatic carbocycles. The lowest BCUT2D eigenvalue weighted by molar-refractivity contribution is -0.150. The molecule has 0 spiro atoms. The minimum Gasteiger partial charge on any atom is -0.466 e. The maximum atomic E-state index is 12.5. The van der Waals surface area contributed by atoms with Crippen molar-refractivity contribution in [3.8, 4) is 0 Å². The summed E-state index contributed by atoms with van der Waals surface area (Å²) in [6.07, 6.45) is 1.62. The van der Waals surface area contributed by atoms with Crippen molar-refractivity contribution in [1.82, 2.24) is 4.90 Å². The molecule has 1 fully saturated rings. The van der Waals surface area contributed by atoms with Gasteiger partial charge in [-0.05, 0) is 44.7 Å². The molecule has 1 saturated heterocycles. The SMILES string of the molecule is CCOC(=O)[C@H]1CCCN([C@@H](C)C(=O)Nc2sccc2C(N)=O)C1. The number of amides is 2. The van der Waals surface area contributed by atoms with E-state index in [1.54, 1.807) is 25.3 Å². The first-order chi connectivity index (χ1) is 11.4. The predicted octanol–water partition coefficient (Wildman–Crippen LogP) is 1.45. The summed E-state index contributed by atoms with van der Waals surface area (Å²) in [6, 6.07) is 1.18. The zero-order valence-corrected chi connectivity index (χ0v) is 14.7. The van der Waals surface area contributed by atoms with E-state index in [0.29, 0.717) is 23.7 Å². The van der Waals surface area contributed by atoms with Gasteiger partial charge >= 0.3 is 5.97 Å². The molecule has 1 aliphatic rings. The summed E-state index contributed by atoms with van der Waals surface area (Å²) in [4.78, 5) is 37.7. The standard InChI is InChI=1S/C16H23N3O4S/c1-3-23-16(22)11-5-4-7-19(9-11)10(2)14(21)18-15-12(13(17)20)6-8-24-15/h6,8,10-11H,3-5,7,9H2,1-2H3,(H2,17,20)(H,18,21)/t10-,11-/m0/s1. The number of hydrogen-bond acceptors (Lipinski definition) is 6. The Morgan fingerprint density at radius 3 is 2.92 bits per heavy atom. The quantitative estimate of drug-likeness (QED) is 0.754. The maximum absolute atomic E-state index is 12.5. The van der Waals surface area contributed by atoms with E-state index < -0.39 is 11.9 Å². The third-order valence-corrected chi connectivity index (χ3v) is 5.00. The zero-order valence-electron chi connectivity index (χ0n) is 13.9. The summed E-state index contributed by atoms with van der Waals surface area (Å²) in [5.41, 5.74) is 5.60. The Morgan fingerprint density at radius 2 is 2.25 bits per heavy atom. The van der Waals surface area contributed by atoms with Crippen LogP contribution in [0.15, 0.2) is 11.4 Å². The molecule has 1 aliphatic heterocycles. The molecule has 2 rings (SSSR count). The Hall–Kier alpha value is -1.93. The molecule has 2 heterocycles. The van der Waals surface area contributed by atoms with Gasteiger partial charge in [-0.1, -0.05) is 0 Å². The van der Waals surface area contributed by atoms with E-state index in [-0.39, 0.29) is 17.8 Å². The molecule has 2 atom stereocenters. The number of carbonyl (C=O) groups excluding carboxylic acids is 3. The lowest BCUT2D eigenvalue weighted by Gasteiger charge is -2.35. The molecule has 7 nitrogen and oxygen atoms in total. The number of nitrogens with zero attached hydrogens (tertiary/aromatic N) is 1. The van der Waals surface area contributed by atoms with Crippen LogP contribution in [0.1, 0.15) is 37.0 Å². The summed E-state index contributed by atoms with van der Waals surface area (Å²) in [5.74, 6) is -1.19. The molecule has 8 heteroatoms. The van der Waals surface area contributed by atoms with Crippen molar-refractivity contribution in [2.24, 2.45) is 11.7 Å². The van der Waals surface area contributed by atoms with Gasteiger partial charge in [0.2, 0.25) is 5.91 Å². The molecule has 0 radical (unpaired) electrons.